The van der Waals surface area contributed by atoms with Crippen LogP contribution in [0.3, 0.4) is 0 Å². The van der Waals surface area contributed by atoms with Crippen LogP contribution in [-0.2, 0) is 6.42 Å². The number of hydrogen-bond donors (Lipinski definition) is 1. The van der Waals surface area contributed by atoms with Crippen molar-refractivity contribution in [3.63, 3.8) is 0 Å². The van der Waals surface area contributed by atoms with Crippen molar-refractivity contribution in [3.8, 4) is 11.5 Å². The number of phenols is 1. The molecule has 1 unspecified atom stereocenters. The minimum Gasteiger partial charge on any atom is -0.508 e. The normalized spacial score (nSPS) is 16.4. The number of phenolic OH excluding ortho intramolecular Hbond substituents is 1. The fourth-order valence-electron chi connectivity index (χ4n) is 2.58. The maximum absolute atomic E-state index is 10.0. The highest BCUT2D eigenvalue weighted by Crippen LogP contribution is 2.35. The summed E-state index contributed by atoms with van der Waals surface area (Å²) in [6, 6.07) is 13.9. The van der Waals surface area contributed by atoms with Gasteiger partial charge < -0.3 is 9.84 Å². The molecule has 0 heterocycles. The Hall–Kier alpha value is -2.22. The van der Waals surface area contributed by atoms with Crippen LogP contribution in [0.1, 0.15) is 22.6 Å². The lowest BCUT2D eigenvalue weighted by molar-refractivity contribution is 0.406. The van der Waals surface area contributed by atoms with Gasteiger partial charge in [0.05, 0.1) is 7.11 Å². The molecule has 96 valence electrons. The second-order valence-corrected chi connectivity index (χ2v) is 4.79. The molecule has 1 aliphatic rings. The first kappa shape index (κ1) is 11.8. The second-order valence-electron chi connectivity index (χ2n) is 4.79. The van der Waals surface area contributed by atoms with Gasteiger partial charge in [-0.1, -0.05) is 42.5 Å². The van der Waals surface area contributed by atoms with Crippen molar-refractivity contribution in [2.45, 2.75) is 12.3 Å². The summed E-state index contributed by atoms with van der Waals surface area (Å²) in [5.41, 5.74) is 3.56. The summed E-state index contributed by atoms with van der Waals surface area (Å²) < 4.78 is 5.10. The molecule has 0 saturated carbocycles. The Labute approximate surface area is 113 Å². The Balaban J connectivity index is 1.86. The third kappa shape index (κ3) is 2.22. The maximum atomic E-state index is 10.0. The number of rotatable bonds is 3. The number of aromatic hydroxyl groups is 1. The molecule has 0 amide bonds. The first-order chi connectivity index (χ1) is 9.28. The first-order valence-electron chi connectivity index (χ1n) is 6.41. The standard InChI is InChI=1S/C17H16O2/c1-19-15-9-8-14(17(18)11-15)10-13-7-6-12-4-2-3-5-16(12)13/h2-9,11,13,18H,10H2,1H3. The maximum Gasteiger partial charge on any atom is 0.122 e. The van der Waals surface area contributed by atoms with Gasteiger partial charge in [0, 0.05) is 12.0 Å². The smallest absolute Gasteiger partial charge is 0.122 e. The largest absolute Gasteiger partial charge is 0.508 e. The van der Waals surface area contributed by atoms with E-state index < -0.39 is 0 Å². The molecule has 0 fully saturated rings. The Morgan fingerprint density at radius 1 is 1.16 bits per heavy atom. The van der Waals surface area contributed by atoms with E-state index in [2.05, 4.69) is 36.4 Å². The van der Waals surface area contributed by atoms with Gasteiger partial charge in [0.25, 0.3) is 0 Å². The second kappa shape index (κ2) is 4.81. The van der Waals surface area contributed by atoms with E-state index >= 15 is 0 Å². The van der Waals surface area contributed by atoms with E-state index in [-0.39, 0.29) is 0 Å². The van der Waals surface area contributed by atoms with Crippen molar-refractivity contribution < 1.29 is 9.84 Å². The Kier molecular flexibility index (Phi) is 3.00. The van der Waals surface area contributed by atoms with Gasteiger partial charge in [-0.2, -0.15) is 0 Å². The molecule has 19 heavy (non-hydrogen) atoms. The molecule has 0 bridgehead atoms. The molecular weight excluding hydrogens is 236 g/mol. The molecule has 2 aromatic carbocycles. The quantitative estimate of drug-likeness (QED) is 0.901. The zero-order chi connectivity index (χ0) is 13.2. The average molecular weight is 252 g/mol. The van der Waals surface area contributed by atoms with Crippen LogP contribution in [-0.4, -0.2) is 12.2 Å². The summed E-state index contributed by atoms with van der Waals surface area (Å²) >= 11 is 0. The van der Waals surface area contributed by atoms with Crippen LogP contribution < -0.4 is 4.74 Å². The third-order valence-electron chi connectivity index (χ3n) is 3.64. The van der Waals surface area contributed by atoms with E-state index in [1.165, 1.54) is 11.1 Å². The summed E-state index contributed by atoms with van der Waals surface area (Å²) in [4.78, 5) is 0. The molecule has 0 radical (unpaired) electrons. The van der Waals surface area contributed by atoms with Gasteiger partial charge in [-0.25, -0.2) is 0 Å². The van der Waals surface area contributed by atoms with E-state index in [1.54, 1.807) is 13.2 Å². The topological polar surface area (TPSA) is 29.5 Å². The van der Waals surface area contributed by atoms with E-state index in [0.29, 0.717) is 17.4 Å². The summed E-state index contributed by atoms with van der Waals surface area (Å²) in [5.74, 6) is 1.33. The molecule has 2 nitrogen and oxygen atoms in total. The molecule has 3 rings (SSSR count). The number of benzene rings is 2. The van der Waals surface area contributed by atoms with Gasteiger partial charge >= 0.3 is 0 Å². The zero-order valence-corrected chi connectivity index (χ0v) is 10.8. The fraction of sp³-hybridized carbons (Fsp3) is 0.176. The van der Waals surface area contributed by atoms with Crippen LogP contribution >= 0.6 is 0 Å². The molecule has 1 N–H and O–H groups in total. The minimum absolute atomic E-state index is 0.303. The molecule has 0 aromatic heterocycles. The zero-order valence-electron chi connectivity index (χ0n) is 10.8. The molecule has 0 aliphatic heterocycles. The van der Waals surface area contributed by atoms with Crippen LogP contribution in [0.15, 0.2) is 48.5 Å². The Morgan fingerprint density at radius 3 is 2.79 bits per heavy atom. The van der Waals surface area contributed by atoms with Gasteiger partial charge in [0.1, 0.15) is 11.5 Å². The van der Waals surface area contributed by atoms with Crippen LogP contribution in [0.4, 0.5) is 0 Å². The average Bonchev–Trinajstić information content (AvgIpc) is 2.84. The predicted octanol–water partition coefficient (Wildman–Crippen LogP) is 3.75. The highest BCUT2D eigenvalue weighted by atomic mass is 16.5. The van der Waals surface area contributed by atoms with Gasteiger partial charge in [0.15, 0.2) is 0 Å². The lowest BCUT2D eigenvalue weighted by atomic mass is 9.93. The van der Waals surface area contributed by atoms with E-state index in [1.807, 2.05) is 12.1 Å². The van der Waals surface area contributed by atoms with Gasteiger partial charge in [0.2, 0.25) is 0 Å². The molecule has 1 atom stereocenters. The SMILES string of the molecule is COc1ccc(CC2C=Cc3ccccc32)c(O)c1. The molecule has 2 heteroatoms. The van der Waals surface area contributed by atoms with Gasteiger partial charge in [-0.15, -0.1) is 0 Å². The van der Waals surface area contributed by atoms with Crippen LogP contribution in [0.2, 0.25) is 0 Å². The molecular formula is C17H16O2. The van der Waals surface area contributed by atoms with Crippen molar-refractivity contribution in [1.29, 1.82) is 0 Å². The van der Waals surface area contributed by atoms with E-state index in [9.17, 15) is 5.11 Å². The van der Waals surface area contributed by atoms with Crippen LogP contribution in [0, 0.1) is 0 Å². The number of hydrogen-bond acceptors (Lipinski definition) is 2. The Morgan fingerprint density at radius 2 is 2.00 bits per heavy atom. The number of fused-ring (bicyclic) bond motifs is 1. The van der Waals surface area contributed by atoms with Crippen molar-refractivity contribution >= 4 is 6.08 Å². The summed E-state index contributed by atoms with van der Waals surface area (Å²) in [6.07, 6.45) is 5.16. The Bertz CT molecular complexity index is 629. The van der Waals surface area contributed by atoms with E-state index in [4.69, 9.17) is 4.74 Å². The monoisotopic (exact) mass is 252 g/mol. The van der Waals surface area contributed by atoms with Gasteiger partial charge in [-0.3, -0.25) is 0 Å². The first-order valence-corrected chi connectivity index (χ1v) is 6.41. The lowest BCUT2D eigenvalue weighted by Crippen LogP contribution is -1.98. The number of allylic oxidation sites excluding steroid dienone is 1. The van der Waals surface area contributed by atoms with Crippen molar-refractivity contribution in [1.82, 2.24) is 0 Å². The molecule has 1 aliphatic carbocycles. The third-order valence-corrected chi connectivity index (χ3v) is 3.64. The van der Waals surface area contributed by atoms with Crippen LogP contribution in [0.5, 0.6) is 11.5 Å². The minimum atomic E-state index is 0.303. The highest BCUT2D eigenvalue weighted by molar-refractivity contribution is 5.62. The molecule has 0 spiro atoms. The van der Waals surface area contributed by atoms with Crippen LogP contribution in [0.25, 0.3) is 6.08 Å². The lowest BCUT2D eigenvalue weighted by Gasteiger charge is -2.13. The number of methoxy groups -OCH3 is 1. The summed E-state index contributed by atoms with van der Waals surface area (Å²) in [6.45, 7) is 0. The summed E-state index contributed by atoms with van der Waals surface area (Å²) in [5, 5.41) is 10.0. The molecule has 0 saturated heterocycles. The van der Waals surface area contributed by atoms with Crippen molar-refractivity contribution in [2.75, 3.05) is 7.11 Å². The van der Waals surface area contributed by atoms with Gasteiger partial charge in [-0.05, 0) is 29.2 Å². The number of ether oxygens (including phenoxy) is 1. The summed E-state index contributed by atoms with van der Waals surface area (Å²) in [7, 11) is 1.60. The van der Waals surface area contributed by atoms with Crippen molar-refractivity contribution in [2.24, 2.45) is 0 Å². The molecule has 2 aromatic rings. The fourth-order valence-corrected chi connectivity index (χ4v) is 2.58. The van der Waals surface area contributed by atoms with E-state index in [0.717, 1.165) is 12.0 Å². The highest BCUT2D eigenvalue weighted by Gasteiger charge is 2.18. The van der Waals surface area contributed by atoms with Crippen molar-refractivity contribution in [3.05, 3.63) is 65.2 Å². The predicted molar refractivity (Wildman–Crippen MR) is 76.6 cm³/mol.